The summed E-state index contributed by atoms with van der Waals surface area (Å²) in [6.07, 6.45) is 0.350. The number of rotatable bonds is 6. The van der Waals surface area contributed by atoms with E-state index in [4.69, 9.17) is 27.9 Å². The van der Waals surface area contributed by atoms with Crippen molar-refractivity contribution in [2.45, 2.75) is 30.8 Å². The molecule has 196 valence electrons. The Morgan fingerprint density at radius 1 is 1.00 bits per heavy atom. The highest BCUT2D eigenvalue weighted by Crippen LogP contribution is 2.33. The van der Waals surface area contributed by atoms with Crippen LogP contribution in [-0.4, -0.2) is 30.6 Å². The first-order valence-electron chi connectivity index (χ1n) is 11.7. The highest BCUT2D eigenvalue weighted by atomic mass is 35.5. The number of carbonyl (C=O) groups is 2. The molecule has 3 aromatic carbocycles. The van der Waals surface area contributed by atoms with Crippen LogP contribution in [-0.2, 0) is 15.1 Å². The maximum absolute atomic E-state index is 15.0. The van der Waals surface area contributed by atoms with Crippen molar-refractivity contribution in [3.8, 4) is 17.2 Å². The van der Waals surface area contributed by atoms with Crippen molar-refractivity contribution < 1.29 is 23.1 Å². The zero-order valence-electron chi connectivity index (χ0n) is 20.3. The minimum absolute atomic E-state index is 0.0284. The monoisotopic (exact) mass is 557 g/mol. The van der Waals surface area contributed by atoms with Crippen molar-refractivity contribution in [2.24, 2.45) is 0 Å². The molecule has 0 radical (unpaired) electrons. The van der Waals surface area contributed by atoms with Crippen molar-refractivity contribution in [1.82, 2.24) is 10.6 Å². The third-order valence-corrected chi connectivity index (χ3v) is 7.23. The van der Waals surface area contributed by atoms with Gasteiger partial charge >= 0.3 is 0 Å². The minimum atomic E-state index is -2.24. The quantitative estimate of drug-likeness (QED) is 0.402. The van der Waals surface area contributed by atoms with Crippen LogP contribution in [0.3, 0.4) is 0 Å². The molecule has 1 atom stereocenters. The molecule has 1 saturated heterocycles. The standard InChI is InChI=1S/C28H23Cl2F2N3O3/c1-27(24-22(31)7-4-8-23(24)32,26(37)35-28(16-33)11-13-38-14-12-28)34-25(36)19-10-9-17(15-21(19)30)18-5-2-3-6-20(18)29/h2-10,15H,11-14H2,1H3,(H,34,36)(H,35,37)/t27-/m0/s1. The number of hydrogen-bond donors (Lipinski definition) is 2. The minimum Gasteiger partial charge on any atom is -0.381 e. The van der Waals surface area contributed by atoms with E-state index in [0.717, 1.165) is 18.2 Å². The highest BCUT2D eigenvalue weighted by Gasteiger charge is 2.46. The molecule has 0 aliphatic carbocycles. The van der Waals surface area contributed by atoms with Crippen molar-refractivity contribution >= 4 is 35.0 Å². The van der Waals surface area contributed by atoms with Gasteiger partial charge in [-0.3, -0.25) is 9.59 Å². The average Bonchev–Trinajstić information content (AvgIpc) is 2.89. The molecule has 1 aliphatic rings. The summed E-state index contributed by atoms with van der Waals surface area (Å²) in [7, 11) is 0. The Hall–Kier alpha value is -3.51. The smallest absolute Gasteiger partial charge is 0.253 e. The molecule has 1 aliphatic heterocycles. The molecule has 2 N–H and O–H groups in total. The molecule has 2 amide bonds. The van der Waals surface area contributed by atoms with Crippen molar-refractivity contribution in [2.75, 3.05) is 13.2 Å². The fourth-order valence-corrected chi connectivity index (χ4v) is 4.90. The molecule has 3 aromatic rings. The Bertz CT molecular complexity index is 1420. The zero-order valence-corrected chi connectivity index (χ0v) is 21.8. The van der Waals surface area contributed by atoms with Gasteiger partial charge in [0.15, 0.2) is 0 Å². The van der Waals surface area contributed by atoms with Gasteiger partial charge in [-0.05, 0) is 42.8 Å². The largest absolute Gasteiger partial charge is 0.381 e. The Labute approximate surface area is 228 Å². The van der Waals surface area contributed by atoms with Gasteiger partial charge in [0.2, 0.25) is 0 Å². The first-order chi connectivity index (χ1) is 18.1. The van der Waals surface area contributed by atoms with Crippen LogP contribution in [0.5, 0.6) is 0 Å². The van der Waals surface area contributed by atoms with Crippen LogP contribution in [0.1, 0.15) is 35.7 Å². The summed E-state index contributed by atoms with van der Waals surface area (Å²) >= 11 is 12.7. The van der Waals surface area contributed by atoms with Crippen LogP contribution < -0.4 is 10.6 Å². The summed E-state index contributed by atoms with van der Waals surface area (Å²) in [5.41, 5.74) is -2.92. The molecule has 1 heterocycles. The van der Waals surface area contributed by atoms with E-state index in [9.17, 15) is 23.6 Å². The first kappa shape index (κ1) is 27.5. The Morgan fingerprint density at radius 2 is 1.66 bits per heavy atom. The maximum Gasteiger partial charge on any atom is 0.253 e. The van der Waals surface area contributed by atoms with E-state index >= 15 is 0 Å². The normalized spacial score (nSPS) is 16.1. The number of benzene rings is 3. The Morgan fingerprint density at radius 3 is 2.26 bits per heavy atom. The van der Waals surface area contributed by atoms with Crippen molar-refractivity contribution in [1.29, 1.82) is 5.26 Å². The van der Waals surface area contributed by atoms with Gasteiger partial charge in [0.1, 0.15) is 22.7 Å². The lowest BCUT2D eigenvalue weighted by Crippen LogP contribution is -2.61. The second-order valence-electron chi connectivity index (χ2n) is 9.11. The molecule has 0 bridgehead atoms. The SMILES string of the molecule is C[C@@](NC(=O)c1ccc(-c2ccccc2Cl)cc1Cl)(C(=O)NC1(C#N)CCOCC1)c1c(F)cccc1F. The number of nitrogens with one attached hydrogen (secondary N) is 2. The number of halogens is 4. The summed E-state index contributed by atoms with van der Waals surface area (Å²) in [5, 5.41) is 15.4. The second-order valence-corrected chi connectivity index (χ2v) is 9.93. The molecular formula is C28H23Cl2F2N3O3. The molecule has 1 fully saturated rings. The van der Waals surface area contributed by atoms with Gasteiger partial charge in [-0.2, -0.15) is 5.26 Å². The van der Waals surface area contributed by atoms with Crippen LogP contribution >= 0.6 is 23.2 Å². The van der Waals surface area contributed by atoms with Crippen LogP contribution in [0.15, 0.2) is 60.7 Å². The number of carbonyl (C=O) groups excluding carboxylic acids is 2. The lowest BCUT2D eigenvalue weighted by molar-refractivity contribution is -0.129. The summed E-state index contributed by atoms with van der Waals surface area (Å²) in [5.74, 6) is -3.89. The molecule has 10 heteroatoms. The maximum atomic E-state index is 15.0. The summed E-state index contributed by atoms with van der Waals surface area (Å²) < 4.78 is 35.2. The topological polar surface area (TPSA) is 91.2 Å². The summed E-state index contributed by atoms with van der Waals surface area (Å²) in [6.45, 7) is 1.62. The van der Waals surface area contributed by atoms with E-state index in [0.29, 0.717) is 16.1 Å². The van der Waals surface area contributed by atoms with Gasteiger partial charge in [0, 0.05) is 36.6 Å². The fourth-order valence-electron chi connectivity index (χ4n) is 4.39. The van der Waals surface area contributed by atoms with Crippen LogP contribution in [0.25, 0.3) is 11.1 Å². The van der Waals surface area contributed by atoms with Gasteiger partial charge in [0.25, 0.3) is 11.8 Å². The summed E-state index contributed by atoms with van der Waals surface area (Å²) in [6, 6.07) is 16.9. The van der Waals surface area contributed by atoms with E-state index in [1.165, 1.54) is 19.1 Å². The number of nitriles is 1. The Kier molecular flexibility index (Phi) is 8.02. The van der Waals surface area contributed by atoms with E-state index in [-0.39, 0.29) is 36.6 Å². The number of amides is 2. The molecule has 0 spiro atoms. The number of ether oxygens (including phenoxy) is 1. The van der Waals surface area contributed by atoms with E-state index in [2.05, 4.69) is 16.7 Å². The Balaban J connectivity index is 1.71. The van der Waals surface area contributed by atoms with Gasteiger partial charge in [-0.25, -0.2) is 8.78 Å². The lowest BCUT2D eigenvalue weighted by Gasteiger charge is -2.37. The molecule has 6 nitrogen and oxygen atoms in total. The number of nitrogens with zero attached hydrogens (tertiary/aromatic N) is 1. The predicted octanol–water partition coefficient (Wildman–Crippen LogP) is 5.77. The van der Waals surface area contributed by atoms with E-state index in [1.54, 1.807) is 30.3 Å². The first-order valence-corrected chi connectivity index (χ1v) is 12.5. The lowest BCUT2D eigenvalue weighted by atomic mass is 9.85. The van der Waals surface area contributed by atoms with Crippen molar-refractivity contribution in [3.63, 3.8) is 0 Å². The molecule has 4 rings (SSSR count). The second kappa shape index (κ2) is 11.1. The highest BCUT2D eigenvalue weighted by molar-refractivity contribution is 6.35. The van der Waals surface area contributed by atoms with Crippen LogP contribution in [0, 0.1) is 23.0 Å². The third kappa shape index (κ3) is 5.37. The fraction of sp³-hybridized carbons (Fsp3) is 0.250. The molecule has 38 heavy (non-hydrogen) atoms. The van der Waals surface area contributed by atoms with Gasteiger partial charge < -0.3 is 15.4 Å². The summed E-state index contributed by atoms with van der Waals surface area (Å²) in [4.78, 5) is 27.0. The van der Waals surface area contributed by atoms with Crippen LogP contribution in [0.2, 0.25) is 10.0 Å². The average molecular weight is 558 g/mol. The molecule has 0 aromatic heterocycles. The van der Waals surface area contributed by atoms with Gasteiger partial charge in [-0.1, -0.05) is 53.5 Å². The zero-order chi connectivity index (χ0) is 27.5. The van der Waals surface area contributed by atoms with Crippen molar-refractivity contribution in [3.05, 3.63) is 93.5 Å². The van der Waals surface area contributed by atoms with E-state index in [1.807, 2.05) is 0 Å². The molecular weight excluding hydrogens is 535 g/mol. The number of hydrogen-bond acceptors (Lipinski definition) is 4. The molecule has 0 saturated carbocycles. The van der Waals surface area contributed by atoms with E-state index < -0.39 is 40.1 Å². The third-order valence-electron chi connectivity index (χ3n) is 6.59. The van der Waals surface area contributed by atoms with Gasteiger partial charge in [-0.15, -0.1) is 0 Å². The van der Waals surface area contributed by atoms with Crippen LogP contribution in [0.4, 0.5) is 8.78 Å². The molecule has 0 unspecified atom stereocenters. The van der Waals surface area contributed by atoms with Gasteiger partial charge in [0.05, 0.1) is 22.2 Å². The predicted molar refractivity (Wildman–Crippen MR) is 140 cm³/mol.